The highest BCUT2D eigenvalue weighted by atomic mass is 35.5. The predicted molar refractivity (Wildman–Crippen MR) is 57.2 cm³/mol. The summed E-state index contributed by atoms with van der Waals surface area (Å²) < 4.78 is 4.89. The molecule has 1 saturated carbocycles. The minimum absolute atomic E-state index is 0.0480. The van der Waals surface area contributed by atoms with E-state index in [1.54, 1.807) is 0 Å². The average molecular weight is 243 g/mol. The third kappa shape index (κ3) is 3.00. The number of carbonyl (C=O) groups is 2. The van der Waals surface area contributed by atoms with Gasteiger partial charge >= 0.3 is 0 Å². The number of furan rings is 1. The molecule has 1 aliphatic rings. The number of nitrogens with one attached hydrogen (secondary N) is 2. The summed E-state index contributed by atoms with van der Waals surface area (Å²) in [4.78, 5) is 22.7. The molecule has 2 N–H and O–H groups in total. The van der Waals surface area contributed by atoms with Gasteiger partial charge in [0.1, 0.15) is 0 Å². The number of hydrogen-bond acceptors (Lipinski definition) is 3. The third-order valence-electron chi connectivity index (χ3n) is 2.15. The maximum absolute atomic E-state index is 11.4. The van der Waals surface area contributed by atoms with E-state index in [1.165, 1.54) is 12.1 Å². The lowest BCUT2D eigenvalue weighted by molar-refractivity contribution is -0.120. The summed E-state index contributed by atoms with van der Waals surface area (Å²) in [5, 5.41) is 5.34. The van der Waals surface area contributed by atoms with Gasteiger partial charge in [0.25, 0.3) is 5.91 Å². The van der Waals surface area contributed by atoms with E-state index in [0.29, 0.717) is 6.04 Å². The average Bonchev–Trinajstić information content (AvgIpc) is 2.95. The van der Waals surface area contributed by atoms with Crippen molar-refractivity contribution in [3.8, 4) is 0 Å². The van der Waals surface area contributed by atoms with E-state index in [0.717, 1.165) is 12.8 Å². The van der Waals surface area contributed by atoms with Gasteiger partial charge in [0.05, 0.1) is 6.54 Å². The monoisotopic (exact) mass is 242 g/mol. The Kier molecular flexibility index (Phi) is 3.14. The van der Waals surface area contributed by atoms with Crippen molar-refractivity contribution < 1.29 is 14.0 Å². The second-order valence-electron chi connectivity index (χ2n) is 3.63. The normalized spacial score (nSPS) is 14.6. The third-order valence-corrected chi connectivity index (χ3v) is 2.35. The zero-order valence-electron chi connectivity index (χ0n) is 8.46. The molecule has 1 aromatic rings. The Hall–Kier alpha value is -1.49. The standard InChI is InChI=1S/C10H11ClN2O3/c11-8-4-3-7(16-8)10(15)12-5-9(14)13-6-1-2-6/h3-4,6H,1-2,5H2,(H,12,15)(H,13,14). The second-order valence-corrected chi connectivity index (χ2v) is 4.00. The summed E-state index contributed by atoms with van der Waals surface area (Å²) >= 11 is 5.52. The molecule has 1 heterocycles. The molecule has 0 aliphatic heterocycles. The summed E-state index contributed by atoms with van der Waals surface area (Å²) in [5.74, 6) is -0.532. The molecule has 0 unspecified atom stereocenters. The zero-order chi connectivity index (χ0) is 11.5. The lowest BCUT2D eigenvalue weighted by Gasteiger charge is -2.03. The van der Waals surface area contributed by atoms with Crippen LogP contribution in [0.5, 0.6) is 0 Å². The Morgan fingerprint density at radius 1 is 1.44 bits per heavy atom. The summed E-state index contributed by atoms with van der Waals surface area (Å²) in [6.45, 7) is -0.0480. The highest BCUT2D eigenvalue weighted by Gasteiger charge is 2.23. The number of rotatable bonds is 4. The number of amides is 2. The number of halogens is 1. The Morgan fingerprint density at radius 3 is 2.75 bits per heavy atom. The molecule has 0 aromatic carbocycles. The molecule has 1 aromatic heterocycles. The predicted octanol–water partition coefficient (Wildman–Crippen LogP) is 0.941. The van der Waals surface area contributed by atoms with Crippen LogP contribution in [0, 0.1) is 0 Å². The first-order valence-electron chi connectivity index (χ1n) is 4.98. The Balaban J connectivity index is 1.76. The van der Waals surface area contributed by atoms with Gasteiger partial charge in [-0.1, -0.05) is 0 Å². The van der Waals surface area contributed by atoms with Crippen LogP contribution in [0.25, 0.3) is 0 Å². The first-order valence-corrected chi connectivity index (χ1v) is 5.36. The van der Waals surface area contributed by atoms with Crippen LogP contribution >= 0.6 is 11.6 Å². The molecule has 2 amide bonds. The van der Waals surface area contributed by atoms with Gasteiger partial charge in [0, 0.05) is 6.04 Å². The largest absolute Gasteiger partial charge is 0.440 e. The van der Waals surface area contributed by atoms with Crippen molar-refractivity contribution in [2.24, 2.45) is 0 Å². The summed E-state index contributed by atoms with van der Waals surface area (Å²) in [5.41, 5.74) is 0. The van der Waals surface area contributed by atoms with Gasteiger partial charge in [0.15, 0.2) is 11.0 Å². The van der Waals surface area contributed by atoms with Crippen molar-refractivity contribution in [1.82, 2.24) is 10.6 Å². The van der Waals surface area contributed by atoms with Gasteiger partial charge in [-0.3, -0.25) is 9.59 Å². The van der Waals surface area contributed by atoms with Crippen molar-refractivity contribution >= 4 is 23.4 Å². The molecule has 0 radical (unpaired) electrons. The van der Waals surface area contributed by atoms with Gasteiger partial charge in [-0.05, 0) is 36.6 Å². The van der Waals surface area contributed by atoms with E-state index in [4.69, 9.17) is 16.0 Å². The smallest absolute Gasteiger partial charge is 0.287 e. The van der Waals surface area contributed by atoms with Gasteiger partial charge < -0.3 is 15.1 Å². The van der Waals surface area contributed by atoms with Crippen LogP contribution in [-0.2, 0) is 4.79 Å². The van der Waals surface area contributed by atoms with Crippen LogP contribution < -0.4 is 10.6 Å². The highest BCUT2D eigenvalue weighted by Crippen LogP contribution is 2.18. The van der Waals surface area contributed by atoms with Gasteiger partial charge in [0.2, 0.25) is 5.91 Å². The van der Waals surface area contributed by atoms with Crippen molar-refractivity contribution in [2.45, 2.75) is 18.9 Å². The molecule has 0 atom stereocenters. The Labute approximate surface area is 97.1 Å². The molecule has 16 heavy (non-hydrogen) atoms. The molecule has 0 bridgehead atoms. The van der Waals surface area contributed by atoms with E-state index >= 15 is 0 Å². The van der Waals surface area contributed by atoms with E-state index in [9.17, 15) is 9.59 Å². The van der Waals surface area contributed by atoms with Crippen molar-refractivity contribution in [3.05, 3.63) is 23.1 Å². The summed E-state index contributed by atoms with van der Waals surface area (Å²) in [6.07, 6.45) is 2.04. The number of carbonyl (C=O) groups excluding carboxylic acids is 2. The molecule has 86 valence electrons. The minimum atomic E-state index is -0.446. The van der Waals surface area contributed by atoms with Crippen LogP contribution in [0.4, 0.5) is 0 Å². The first-order chi connectivity index (χ1) is 7.65. The highest BCUT2D eigenvalue weighted by molar-refractivity contribution is 6.29. The van der Waals surface area contributed by atoms with Gasteiger partial charge in [-0.25, -0.2) is 0 Å². The second kappa shape index (κ2) is 4.57. The fourth-order valence-corrected chi connectivity index (χ4v) is 1.34. The maximum atomic E-state index is 11.4. The molecule has 5 nitrogen and oxygen atoms in total. The topological polar surface area (TPSA) is 71.3 Å². The fourth-order valence-electron chi connectivity index (χ4n) is 1.19. The van der Waals surface area contributed by atoms with Crippen LogP contribution in [0.3, 0.4) is 0 Å². The minimum Gasteiger partial charge on any atom is -0.440 e. The van der Waals surface area contributed by atoms with Gasteiger partial charge in [-0.2, -0.15) is 0 Å². The van der Waals surface area contributed by atoms with E-state index < -0.39 is 5.91 Å². The van der Waals surface area contributed by atoms with Crippen LogP contribution in [0.2, 0.25) is 5.22 Å². The molecular weight excluding hydrogens is 232 g/mol. The Bertz CT molecular complexity index is 412. The van der Waals surface area contributed by atoms with E-state index in [1.807, 2.05) is 0 Å². The fraction of sp³-hybridized carbons (Fsp3) is 0.400. The number of hydrogen-bond donors (Lipinski definition) is 2. The van der Waals surface area contributed by atoms with Gasteiger partial charge in [-0.15, -0.1) is 0 Å². The van der Waals surface area contributed by atoms with Crippen molar-refractivity contribution in [2.75, 3.05) is 6.54 Å². The molecule has 6 heteroatoms. The lowest BCUT2D eigenvalue weighted by Crippen LogP contribution is -2.37. The first kappa shape index (κ1) is 11.0. The van der Waals surface area contributed by atoms with Crippen LogP contribution in [0.15, 0.2) is 16.5 Å². The van der Waals surface area contributed by atoms with E-state index in [2.05, 4.69) is 10.6 Å². The quantitative estimate of drug-likeness (QED) is 0.826. The summed E-state index contributed by atoms with van der Waals surface area (Å²) in [6, 6.07) is 3.22. The van der Waals surface area contributed by atoms with Crippen LogP contribution in [0.1, 0.15) is 23.4 Å². The SMILES string of the molecule is O=C(CNC(=O)c1ccc(Cl)o1)NC1CC1. The molecule has 1 aliphatic carbocycles. The Morgan fingerprint density at radius 2 is 2.19 bits per heavy atom. The van der Waals surface area contributed by atoms with E-state index in [-0.39, 0.29) is 23.4 Å². The maximum Gasteiger partial charge on any atom is 0.287 e. The molecular formula is C10H11ClN2O3. The molecule has 1 fully saturated rings. The lowest BCUT2D eigenvalue weighted by atomic mass is 10.4. The summed E-state index contributed by atoms with van der Waals surface area (Å²) in [7, 11) is 0. The van der Waals surface area contributed by atoms with Crippen molar-refractivity contribution in [1.29, 1.82) is 0 Å². The molecule has 0 saturated heterocycles. The van der Waals surface area contributed by atoms with Crippen molar-refractivity contribution in [3.63, 3.8) is 0 Å². The molecule has 2 rings (SSSR count). The zero-order valence-corrected chi connectivity index (χ0v) is 9.21. The van der Waals surface area contributed by atoms with Crippen LogP contribution in [-0.4, -0.2) is 24.4 Å². The molecule has 0 spiro atoms.